The van der Waals surface area contributed by atoms with Crippen molar-refractivity contribution in [2.45, 2.75) is 51.3 Å². The molecule has 0 saturated heterocycles. The number of hydrogen-bond acceptors (Lipinski definition) is 5. The molecule has 2 aliphatic carbocycles. The zero-order valence-electron chi connectivity index (χ0n) is 12.2. The largest absolute Gasteiger partial charge is 0.461 e. The molecule has 0 aliphatic heterocycles. The molecule has 1 aromatic rings. The fourth-order valence-electron chi connectivity index (χ4n) is 3.92. The van der Waals surface area contributed by atoms with Crippen LogP contribution in [0.15, 0.2) is 11.5 Å². The van der Waals surface area contributed by atoms with E-state index >= 15 is 0 Å². The summed E-state index contributed by atoms with van der Waals surface area (Å²) in [6, 6.07) is 0. The van der Waals surface area contributed by atoms with Crippen LogP contribution < -0.4 is 0 Å². The van der Waals surface area contributed by atoms with Crippen molar-refractivity contribution in [3.63, 3.8) is 0 Å². The minimum Gasteiger partial charge on any atom is -0.461 e. The first kappa shape index (κ1) is 13.9. The van der Waals surface area contributed by atoms with Crippen LogP contribution in [0.2, 0.25) is 0 Å². The molecule has 5 nitrogen and oxygen atoms in total. The van der Waals surface area contributed by atoms with E-state index < -0.39 is 0 Å². The van der Waals surface area contributed by atoms with Crippen molar-refractivity contribution in [3.05, 3.63) is 6.33 Å². The number of H-pyrrole nitrogens is 1. The maximum Gasteiger partial charge on any atom is 0.316 e. The van der Waals surface area contributed by atoms with Gasteiger partial charge in [-0.1, -0.05) is 32.5 Å². The number of carbonyl (C=O) groups is 1. The number of ether oxygens (including phenoxy) is 1. The molecule has 2 fully saturated rings. The van der Waals surface area contributed by atoms with Gasteiger partial charge in [0.05, 0.1) is 5.75 Å². The van der Waals surface area contributed by atoms with E-state index in [9.17, 15) is 4.79 Å². The van der Waals surface area contributed by atoms with Gasteiger partial charge in [0, 0.05) is 5.92 Å². The highest BCUT2D eigenvalue weighted by atomic mass is 32.2. The van der Waals surface area contributed by atoms with Crippen molar-refractivity contribution in [2.24, 2.45) is 16.7 Å². The summed E-state index contributed by atoms with van der Waals surface area (Å²) >= 11 is 1.33. The molecule has 2 saturated carbocycles. The van der Waals surface area contributed by atoms with Gasteiger partial charge in [0.15, 0.2) is 5.16 Å². The van der Waals surface area contributed by atoms with Gasteiger partial charge in [0.1, 0.15) is 12.4 Å². The fraction of sp³-hybridized carbons (Fsp3) is 0.786. The topological polar surface area (TPSA) is 67.9 Å². The number of nitrogens with zero attached hydrogens (tertiary/aromatic N) is 2. The number of esters is 1. The molecule has 2 aliphatic rings. The number of fused-ring (bicyclic) bond motifs is 2. The number of nitrogens with one attached hydrogen (secondary N) is 1. The zero-order chi connectivity index (χ0) is 14.4. The zero-order valence-corrected chi connectivity index (χ0v) is 13.0. The van der Waals surface area contributed by atoms with Gasteiger partial charge in [-0.25, -0.2) is 4.98 Å². The molecule has 3 atom stereocenters. The fourth-order valence-corrected chi connectivity index (χ4v) is 4.49. The summed E-state index contributed by atoms with van der Waals surface area (Å²) in [7, 11) is 0. The summed E-state index contributed by atoms with van der Waals surface area (Å²) in [5.41, 5.74) is 0.594. The van der Waals surface area contributed by atoms with Crippen molar-refractivity contribution in [3.8, 4) is 0 Å². The Morgan fingerprint density at radius 2 is 2.35 bits per heavy atom. The summed E-state index contributed by atoms with van der Waals surface area (Å²) in [5.74, 6) is 0.644. The molecule has 0 unspecified atom stereocenters. The van der Waals surface area contributed by atoms with Crippen LogP contribution in [0.3, 0.4) is 0 Å². The highest BCUT2D eigenvalue weighted by molar-refractivity contribution is 7.99. The van der Waals surface area contributed by atoms with Crippen molar-refractivity contribution < 1.29 is 9.53 Å². The van der Waals surface area contributed by atoms with Gasteiger partial charge in [0.25, 0.3) is 0 Å². The Morgan fingerprint density at radius 3 is 2.90 bits per heavy atom. The SMILES string of the molecule is CC1(C)[C@H]2CC[C@]1(C)C[C@H]2OC(=O)CSc1ncn[nH]1. The maximum atomic E-state index is 12.0. The predicted octanol–water partition coefficient (Wildman–Crippen LogP) is 2.65. The Kier molecular flexibility index (Phi) is 3.31. The molecule has 110 valence electrons. The van der Waals surface area contributed by atoms with E-state index in [1.807, 2.05) is 0 Å². The lowest BCUT2D eigenvalue weighted by Crippen LogP contribution is -2.28. The second-order valence-electron chi connectivity index (χ2n) is 6.74. The molecule has 0 radical (unpaired) electrons. The van der Waals surface area contributed by atoms with Crippen molar-refractivity contribution in [2.75, 3.05) is 5.75 Å². The van der Waals surface area contributed by atoms with Crippen LogP contribution in [-0.2, 0) is 9.53 Å². The molecule has 1 heterocycles. The molecule has 0 aromatic carbocycles. The van der Waals surface area contributed by atoms with Crippen LogP contribution in [0.1, 0.15) is 40.0 Å². The summed E-state index contributed by atoms with van der Waals surface area (Å²) in [4.78, 5) is 16.0. The molecule has 6 heteroatoms. The lowest BCUT2D eigenvalue weighted by atomic mass is 9.71. The molecule has 1 aromatic heterocycles. The third kappa shape index (κ3) is 2.14. The minimum absolute atomic E-state index is 0.0894. The predicted molar refractivity (Wildman–Crippen MR) is 76.2 cm³/mol. The van der Waals surface area contributed by atoms with E-state index in [-0.39, 0.29) is 23.2 Å². The van der Waals surface area contributed by atoms with Crippen LogP contribution in [0.25, 0.3) is 0 Å². The average molecular weight is 295 g/mol. The van der Waals surface area contributed by atoms with E-state index in [1.54, 1.807) is 0 Å². The van der Waals surface area contributed by atoms with Crippen LogP contribution in [0, 0.1) is 16.7 Å². The number of aromatic amines is 1. The summed E-state index contributed by atoms with van der Waals surface area (Å²) < 4.78 is 5.72. The Balaban J connectivity index is 1.56. The number of carbonyl (C=O) groups excluding carboxylic acids is 1. The summed E-state index contributed by atoms with van der Waals surface area (Å²) in [5, 5.41) is 7.13. The Morgan fingerprint density at radius 1 is 1.55 bits per heavy atom. The number of aromatic nitrogens is 3. The smallest absolute Gasteiger partial charge is 0.316 e. The molecule has 3 rings (SSSR count). The van der Waals surface area contributed by atoms with Gasteiger partial charge in [-0.15, -0.1) is 0 Å². The van der Waals surface area contributed by atoms with Gasteiger partial charge in [-0.3, -0.25) is 9.89 Å². The average Bonchev–Trinajstić information content (AvgIpc) is 3.00. The highest BCUT2D eigenvalue weighted by Crippen LogP contribution is 2.66. The Labute approximate surface area is 123 Å². The number of hydrogen-bond donors (Lipinski definition) is 1. The first-order chi connectivity index (χ1) is 9.42. The molecule has 0 spiro atoms. The molecular weight excluding hydrogens is 274 g/mol. The highest BCUT2D eigenvalue weighted by Gasteiger charge is 2.61. The van der Waals surface area contributed by atoms with E-state index in [4.69, 9.17) is 4.74 Å². The van der Waals surface area contributed by atoms with Gasteiger partial charge < -0.3 is 4.74 Å². The maximum absolute atomic E-state index is 12.0. The molecule has 20 heavy (non-hydrogen) atoms. The Hall–Kier alpha value is -1.04. The number of thioether (sulfide) groups is 1. The van der Waals surface area contributed by atoms with Gasteiger partial charge in [-0.2, -0.15) is 5.10 Å². The van der Waals surface area contributed by atoms with E-state index in [1.165, 1.54) is 30.9 Å². The van der Waals surface area contributed by atoms with Crippen LogP contribution in [0.4, 0.5) is 0 Å². The second-order valence-corrected chi connectivity index (χ2v) is 7.70. The van der Waals surface area contributed by atoms with Crippen molar-refractivity contribution >= 4 is 17.7 Å². The monoisotopic (exact) mass is 295 g/mol. The normalized spacial score (nSPS) is 34.4. The van der Waals surface area contributed by atoms with E-state index in [0.717, 1.165) is 6.42 Å². The van der Waals surface area contributed by atoms with Gasteiger partial charge in [0.2, 0.25) is 0 Å². The lowest BCUT2D eigenvalue weighted by Gasteiger charge is -2.33. The van der Waals surface area contributed by atoms with Gasteiger partial charge in [-0.05, 0) is 30.1 Å². The third-order valence-corrected chi connectivity index (χ3v) is 6.44. The van der Waals surface area contributed by atoms with Crippen molar-refractivity contribution in [1.82, 2.24) is 15.2 Å². The first-order valence-electron chi connectivity index (χ1n) is 7.10. The van der Waals surface area contributed by atoms with Crippen molar-refractivity contribution in [1.29, 1.82) is 0 Å². The van der Waals surface area contributed by atoms with Gasteiger partial charge >= 0.3 is 5.97 Å². The van der Waals surface area contributed by atoms with E-state index in [2.05, 4.69) is 36.0 Å². The summed E-state index contributed by atoms with van der Waals surface area (Å²) in [6.45, 7) is 6.98. The third-order valence-electron chi connectivity index (χ3n) is 5.59. The second kappa shape index (κ2) is 4.76. The quantitative estimate of drug-likeness (QED) is 0.683. The molecular formula is C14H21N3O2S. The van der Waals surface area contributed by atoms with E-state index in [0.29, 0.717) is 16.5 Å². The first-order valence-corrected chi connectivity index (χ1v) is 8.09. The van der Waals surface area contributed by atoms with Crippen LogP contribution in [0.5, 0.6) is 0 Å². The van der Waals surface area contributed by atoms with Crippen LogP contribution >= 0.6 is 11.8 Å². The van der Waals surface area contributed by atoms with Crippen LogP contribution in [-0.4, -0.2) is 33.0 Å². The molecule has 1 N–H and O–H groups in total. The molecule has 2 bridgehead atoms. The Bertz CT molecular complexity index is 500. The molecule has 0 amide bonds. The summed E-state index contributed by atoms with van der Waals surface area (Å²) in [6.07, 6.45) is 4.96. The standard InChI is InChI=1S/C14H21N3O2S/c1-13(2)9-4-5-14(13,3)6-10(9)19-11(18)7-20-12-15-8-16-17-12/h8-10H,4-7H2,1-3H3,(H,15,16,17)/t9-,10+,14+/m0/s1. The lowest BCUT2D eigenvalue weighted by molar-refractivity contribution is -0.148. The number of rotatable bonds is 4. The minimum atomic E-state index is -0.150.